The first-order valence-electron chi connectivity index (χ1n) is 7.03. The highest BCUT2D eigenvalue weighted by atomic mass is 16.3. The van der Waals surface area contributed by atoms with Gasteiger partial charge in [0.2, 0.25) is 0 Å². The standard InChI is InChI=1S/C15H27N3O/c1-7-10(2)15(6,19)9-17-11(3)14-8-16-13(5)18-12(14)4/h8,10-11,17,19H,7,9H2,1-6H3. The van der Waals surface area contributed by atoms with Crippen LogP contribution in [0.25, 0.3) is 0 Å². The maximum atomic E-state index is 10.4. The highest BCUT2D eigenvalue weighted by Crippen LogP contribution is 2.21. The van der Waals surface area contributed by atoms with E-state index in [9.17, 15) is 5.11 Å². The Labute approximate surface area is 116 Å². The van der Waals surface area contributed by atoms with Gasteiger partial charge in [-0.25, -0.2) is 9.97 Å². The van der Waals surface area contributed by atoms with Crippen molar-refractivity contribution in [2.45, 2.75) is 59.6 Å². The van der Waals surface area contributed by atoms with Gasteiger partial charge in [0, 0.05) is 30.0 Å². The summed E-state index contributed by atoms with van der Waals surface area (Å²) < 4.78 is 0. The minimum atomic E-state index is -0.692. The van der Waals surface area contributed by atoms with E-state index in [4.69, 9.17) is 0 Å². The minimum absolute atomic E-state index is 0.135. The van der Waals surface area contributed by atoms with Gasteiger partial charge >= 0.3 is 0 Å². The van der Waals surface area contributed by atoms with Crippen LogP contribution in [-0.4, -0.2) is 27.2 Å². The fourth-order valence-corrected chi connectivity index (χ4v) is 2.10. The monoisotopic (exact) mass is 265 g/mol. The van der Waals surface area contributed by atoms with Crippen molar-refractivity contribution < 1.29 is 5.11 Å². The average Bonchev–Trinajstić information content (AvgIpc) is 2.35. The number of hydrogen-bond donors (Lipinski definition) is 2. The van der Waals surface area contributed by atoms with Gasteiger partial charge < -0.3 is 10.4 Å². The molecule has 0 amide bonds. The molecule has 4 nitrogen and oxygen atoms in total. The quantitative estimate of drug-likeness (QED) is 0.830. The molecule has 0 aromatic carbocycles. The van der Waals surface area contributed by atoms with E-state index < -0.39 is 5.60 Å². The van der Waals surface area contributed by atoms with E-state index in [0.717, 1.165) is 23.5 Å². The molecule has 3 atom stereocenters. The lowest BCUT2D eigenvalue weighted by molar-refractivity contribution is 0.00361. The van der Waals surface area contributed by atoms with Crippen molar-refractivity contribution in [2.75, 3.05) is 6.54 Å². The van der Waals surface area contributed by atoms with Crippen molar-refractivity contribution in [2.24, 2.45) is 5.92 Å². The van der Waals surface area contributed by atoms with E-state index in [0.29, 0.717) is 6.54 Å². The summed E-state index contributed by atoms with van der Waals surface area (Å²) >= 11 is 0. The number of aryl methyl sites for hydroxylation is 2. The molecule has 0 saturated heterocycles. The topological polar surface area (TPSA) is 58.0 Å². The smallest absolute Gasteiger partial charge is 0.125 e. The second-order valence-corrected chi connectivity index (χ2v) is 5.73. The van der Waals surface area contributed by atoms with Crippen LogP contribution in [0.2, 0.25) is 0 Å². The number of rotatable bonds is 6. The number of aliphatic hydroxyl groups is 1. The summed E-state index contributed by atoms with van der Waals surface area (Å²) in [4.78, 5) is 8.62. The molecule has 0 radical (unpaired) electrons. The highest BCUT2D eigenvalue weighted by molar-refractivity contribution is 5.19. The van der Waals surface area contributed by atoms with Gasteiger partial charge in [-0.1, -0.05) is 20.3 Å². The Balaban J connectivity index is 2.67. The molecule has 0 aliphatic heterocycles. The normalized spacial score (nSPS) is 17.8. The lowest BCUT2D eigenvalue weighted by Crippen LogP contribution is -2.43. The van der Waals surface area contributed by atoms with Gasteiger partial charge in [0.05, 0.1) is 5.60 Å². The SMILES string of the molecule is CCC(C)C(C)(O)CNC(C)c1cnc(C)nc1C. The van der Waals surface area contributed by atoms with Gasteiger partial charge in [-0.2, -0.15) is 0 Å². The predicted octanol–water partition coefficient (Wildman–Crippen LogP) is 2.54. The van der Waals surface area contributed by atoms with Crippen molar-refractivity contribution in [3.63, 3.8) is 0 Å². The summed E-state index contributed by atoms with van der Waals surface area (Å²) in [6.07, 6.45) is 2.84. The molecule has 0 aliphatic carbocycles. The number of hydrogen-bond acceptors (Lipinski definition) is 4. The zero-order valence-corrected chi connectivity index (χ0v) is 13.0. The third kappa shape index (κ3) is 4.25. The van der Waals surface area contributed by atoms with Crippen LogP contribution in [0.15, 0.2) is 6.20 Å². The van der Waals surface area contributed by atoms with E-state index in [2.05, 4.69) is 36.1 Å². The van der Waals surface area contributed by atoms with Gasteiger partial charge in [0.15, 0.2) is 0 Å². The lowest BCUT2D eigenvalue weighted by atomic mass is 9.88. The van der Waals surface area contributed by atoms with Crippen LogP contribution >= 0.6 is 0 Å². The molecule has 2 N–H and O–H groups in total. The summed E-state index contributed by atoms with van der Waals surface area (Å²) in [6, 6.07) is 0.135. The molecule has 1 aromatic rings. The molecular formula is C15H27N3O. The maximum Gasteiger partial charge on any atom is 0.125 e. The Morgan fingerprint density at radius 3 is 2.53 bits per heavy atom. The first-order valence-corrected chi connectivity index (χ1v) is 7.03. The lowest BCUT2D eigenvalue weighted by Gasteiger charge is -2.31. The molecule has 0 fully saturated rings. The summed E-state index contributed by atoms with van der Waals surface area (Å²) in [5, 5.41) is 13.8. The van der Waals surface area contributed by atoms with Crippen molar-refractivity contribution >= 4 is 0 Å². The Morgan fingerprint density at radius 1 is 1.37 bits per heavy atom. The molecule has 3 unspecified atom stereocenters. The zero-order chi connectivity index (χ0) is 14.6. The highest BCUT2D eigenvalue weighted by Gasteiger charge is 2.27. The molecule has 4 heteroatoms. The van der Waals surface area contributed by atoms with E-state index in [-0.39, 0.29) is 12.0 Å². The Hall–Kier alpha value is -1.00. The molecule has 0 spiro atoms. The molecule has 108 valence electrons. The summed E-state index contributed by atoms with van der Waals surface area (Å²) in [5.41, 5.74) is 1.39. The first-order chi connectivity index (χ1) is 8.77. The van der Waals surface area contributed by atoms with Crippen molar-refractivity contribution in [1.29, 1.82) is 0 Å². The second-order valence-electron chi connectivity index (χ2n) is 5.73. The van der Waals surface area contributed by atoms with Crippen molar-refractivity contribution in [3.8, 4) is 0 Å². The molecular weight excluding hydrogens is 238 g/mol. The molecule has 1 rings (SSSR count). The first kappa shape index (κ1) is 16.1. The molecule has 19 heavy (non-hydrogen) atoms. The Kier molecular flexibility index (Phi) is 5.44. The molecule has 0 saturated carbocycles. The summed E-state index contributed by atoms with van der Waals surface area (Å²) in [6.45, 7) is 12.6. The number of nitrogens with zero attached hydrogens (tertiary/aromatic N) is 2. The van der Waals surface area contributed by atoms with E-state index in [1.165, 1.54) is 0 Å². The van der Waals surface area contributed by atoms with E-state index in [1.807, 2.05) is 27.0 Å². The third-order valence-electron chi connectivity index (χ3n) is 4.04. The van der Waals surface area contributed by atoms with Crippen molar-refractivity contribution in [1.82, 2.24) is 15.3 Å². The third-order valence-corrected chi connectivity index (χ3v) is 4.04. The van der Waals surface area contributed by atoms with Crippen LogP contribution in [0.4, 0.5) is 0 Å². The van der Waals surface area contributed by atoms with Crippen LogP contribution in [-0.2, 0) is 0 Å². The van der Waals surface area contributed by atoms with Crippen LogP contribution in [0.5, 0.6) is 0 Å². The minimum Gasteiger partial charge on any atom is -0.389 e. The van der Waals surface area contributed by atoms with Gasteiger partial charge in [-0.05, 0) is 33.6 Å². The second kappa shape index (κ2) is 6.44. The van der Waals surface area contributed by atoms with Crippen molar-refractivity contribution in [3.05, 3.63) is 23.3 Å². The van der Waals surface area contributed by atoms with Gasteiger partial charge in [-0.3, -0.25) is 0 Å². The maximum absolute atomic E-state index is 10.4. The molecule has 0 bridgehead atoms. The Bertz CT molecular complexity index is 418. The van der Waals surface area contributed by atoms with Crippen LogP contribution in [0.1, 0.15) is 57.2 Å². The van der Waals surface area contributed by atoms with Crippen LogP contribution < -0.4 is 5.32 Å². The summed E-state index contributed by atoms with van der Waals surface area (Å²) in [7, 11) is 0. The Morgan fingerprint density at radius 2 is 2.00 bits per heavy atom. The predicted molar refractivity (Wildman–Crippen MR) is 78.0 cm³/mol. The fourth-order valence-electron chi connectivity index (χ4n) is 2.10. The van der Waals surface area contributed by atoms with Crippen LogP contribution in [0, 0.1) is 19.8 Å². The molecule has 1 heterocycles. The van der Waals surface area contributed by atoms with Gasteiger partial charge in [0.25, 0.3) is 0 Å². The van der Waals surface area contributed by atoms with Gasteiger partial charge in [-0.15, -0.1) is 0 Å². The number of aromatic nitrogens is 2. The summed E-state index contributed by atoms with van der Waals surface area (Å²) in [5.74, 6) is 1.06. The molecule has 1 aromatic heterocycles. The zero-order valence-electron chi connectivity index (χ0n) is 13.0. The largest absolute Gasteiger partial charge is 0.389 e. The molecule has 0 aliphatic rings. The number of nitrogens with one attached hydrogen (secondary N) is 1. The van der Waals surface area contributed by atoms with E-state index >= 15 is 0 Å². The van der Waals surface area contributed by atoms with Gasteiger partial charge in [0.1, 0.15) is 5.82 Å². The fraction of sp³-hybridized carbons (Fsp3) is 0.733. The van der Waals surface area contributed by atoms with E-state index in [1.54, 1.807) is 0 Å². The average molecular weight is 265 g/mol. The van der Waals surface area contributed by atoms with Crippen LogP contribution in [0.3, 0.4) is 0 Å².